The topological polar surface area (TPSA) is 66.6 Å². The summed E-state index contributed by atoms with van der Waals surface area (Å²) in [6, 6.07) is 9.37. The number of carbonyl (C=O) groups is 2. The maximum absolute atomic E-state index is 13.2. The second-order valence-corrected chi connectivity index (χ2v) is 7.77. The molecular weight excluding hydrogens is 314 g/mol. The van der Waals surface area contributed by atoms with Crippen LogP contribution in [0.2, 0.25) is 0 Å². The maximum atomic E-state index is 13.2. The maximum Gasteiger partial charge on any atom is 0.254 e. The molecule has 3 unspecified atom stereocenters. The van der Waals surface area contributed by atoms with Crippen LogP contribution < -0.4 is 5.73 Å². The van der Waals surface area contributed by atoms with Crippen molar-refractivity contribution in [1.29, 1.82) is 0 Å². The van der Waals surface area contributed by atoms with Gasteiger partial charge in [-0.1, -0.05) is 31.0 Å². The lowest BCUT2D eigenvalue weighted by molar-refractivity contribution is -0.134. The first-order chi connectivity index (χ1) is 12.1. The summed E-state index contributed by atoms with van der Waals surface area (Å²) in [4.78, 5) is 30.2. The second-order valence-electron chi connectivity index (χ2n) is 7.77. The van der Waals surface area contributed by atoms with E-state index in [-0.39, 0.29) is 29.9 Å². The van der Waals surface area contributed by atoms with Crippen molar-refractivity contribution >= 4 is 11.8 Å². The minimum absolute atomic E-state index is 0.0110. The van der Waals surface area contributed by atoms with Crippen molar-refractivity contribution in [3.63, 3.8) is 0 Å². The summed E-state index contributed by atoms with van der Waals surface area (Å²) in [6.07, 6.45) is 6.18. The first kappa shape index (κ1) is 16.6. The smallest absolute Gasteiger partial charge is 0.254 e. The summed E-state index contributed by atoms with van der Waals surface area (Å²) in [5.41, 5.74) is 6.67. The van der Waals surface area contributed by atoms with E-state index in [0.29, 0.717) is 18.0 Å². The number of nitrogens with zero attached hydrogens (tertiary/aromatic N) is 2. The van der Waals surface area contributed by atoms with Crippen LogP contribution in [-0.2, 0) is 4.79 Å². The van der Waals surface area contributed by atoms with Crippen LogP contribution >= 0.6 is 0 Å². The van der Waals surface area contributed by atoms with Crippen LogP contribution in [0, 0.1) is 5.92 Å². The Morgan fingerprint density at radius 1 is 1.04 bits per heavy atom. The van der Waals surface area contributed by atoms with Crippen LogP contribution in [-0.4, -0.2) is 52.8 Å². The Bertz CT molecular complexity index is 648. The third-order valence-corrected chi connectivity index (χ3v) is 6.16. The van der Waals surface area contributed by atoms with Gasteiger partial charge in [-0.2, -0.15) is 0 Å². The summed E-state index contributed by atoms with van der Waals surface area (Å²) in [7, 11) is 0. The third kappa shape index (κ3) is 3.06. The highest BCUT2D eigenvalue weighted by Gasteiger charge is 2.48. The molecule has 2 heterocycles. The molecule has 2 saturated heterocycles. The van der Waals surface area contributed by atoms with Gasteiger partial charge in [-0.15, -0.1) is 0 Å². The number of fused-ring (bicyclic) bond motifs is 1. The number of rotatable bonds is 2. The molecule has 4 atom stereocenters. The van der Waals surface area contributed by atoms with Crippen molar-refractivity contribution in [3.05, 3.63) is 35.9 Å². The molecule has 3 aliphatic rings. The molecule has 134 valence electrons. The van der Waals surface area contributed by atoms with Gasteiger partial charge < -0.3 is 15.5 Å². The number of amides is 2. The summed E-state index contributed by atoms with van der Waals surface area (Å²) < 4.78 is 0. The van der Waals surface area contributed by atoms with Gasteiger partial charge >= 0.3 is 0 Å². The van der Waals surface area contributed by atoms with Gasteiger partial charge in [0.25, 0.3) is 5.91 Å². The van der Waals surface area contributed by atoms with Gasteiger partial charge in [-0.25, -0.2) is 0 Å². The molecule has 0 bridgehead atoms. The number of nitrogens with two attached hydrogens (primary N) is 1. The zero-order valence-electron chi connectivity index (χ0n) is 14.6. The molecular formula is C20H27N3O2. The van der Waals surface area contributed by atoms with Gasteiger partial charge in [-0.05, 0) is 43.7 Å². The molecule has 1 aliphatic carbocycles. The highest BCUT2D eigenvalue weighted by molar-refractivity contribution is 5.98. The monoisotopic (exact) mass is 341 g/mol. The Kier molecular flexibility index (Phi) is 4.50. The molecule has 1 saturated carbocycles. The summed E-state index contributed by atoms with van der Waals surface area (Å²) in [5, 5.41) is 0. The molecule has 2 aliphatic heterocycles. The van der Waals surface area contributed by atoms with E-state index in [1.54, 1.807) is 0 Å². The number of hydrogen-bond acceptors (Lipinski definition) is 3. The van der Waals surface area contributed by atoms with E-state index >= 15 is 0 Å². The van der Waals surface area contributed by atoms with Crippen LogP contribution in [0.5, 0.6) is 0 Å². The van der Waals surface area contributed by atoms with Gasteiger partial charge in [0.15, 0.2) is 0 Å². The molecule has 0 radical (unpaired) electrons. The summed E-state index contributed by atoms with van der Waals surface area (Å²) in [6.45, 7) is 1.34. The highest BCUT2D eigenvalue weighted by Crippen LogP contribution is 2.41. The molecule has 0 aromatic heterocycles. The fourth-order valence-corrected chi connectivity index (χ4v) is 4.90. The molecule has 2 amide bonds. The van der Waals surface area contributed by atoms with E-state index in [1.807, 2.05) is 40.1 Å². The Balaban J connectivity index is 1.61. The predicted octanol–water partition coefficient (Wildman–Crippen LogP) is 2.02. The Morgan fingerprint density at radius 3 is 2.52 bits per heavy atom. The predicted molar refractivity (Wildman–Crippen MR) is 95.9 cm³/mol. The fourth-order valence-electron chi connectivity index (χ4n) is 4.90. The zero-order chi connectivity index (χ0) is 17.4. The van der Waals surface area contributed by atoms with E-state index in [2.05, 4.69) is 0 Å². The molecule has 2 N–H and O–H groups in total. The van der Waals surface area contributed by atoms with Crippen LogP contribution in [0.4, 0.5) is 0 Å². The van der Waals surface area contributed by atoms with E-state index in [0.717, 1.165) is 38.6 Å². The van der Waals surface area contributed by atoms with Crippen molar-refractivity contribution in [1.82, 2.24) is 9.80 Å². The average Bonchev–Trinajstić information content (AvgIpc) is 3.25. The molecule has 1 aromatic carbocycles. The van der Waals surface area contributed by atoms with Crippen LogP contribution in [0.25, 0.3) is 0 Å². The molecule has 5 heteroatoms. The first-order valence-electron chi connectivity index (χ1n) is 9.57. The van der Waals surface area contributed by atoms with Crippen molar-refractivity contribution in [2.24, 2.45) is 11.7 Å². The molecule has 4 rings (SSSR count). The van der Waals surface area contributed by atoms with Crippen molar-refractivity contribution in [3.8, 4) is 0 Å². The van der Waals surface area contributed by atoms with E-state index < -0.39 is 0 Å². The van der Waals surface area contributed by atoms with E-state index in [9.17, 15) is 9.59 Å². The highest BCUT2D eigenvalue weighted by atomic mass is 16.2. The second kappa shape index (κ2) is 6.79. The van der Waals surface area contributed by atoms with Gasteiger partial charge in [0.05, 0.1) is 0 Å². The standard InChI is InChI=1S/C20H27N3O2/c21-16-10-11-22(13-16)20(25)18-12-15-8-4-5-9-17(15)23(18)19(24)14-6-2-1-3-7-14/h1-3,6-7,15-18H,4-5,8-13,21H2/t15?,16-,17?,18?/m1/s1. The minimum atomic E-state index is -0.314. The van der Waals surface area contributed by atoms with Gasteiger partial charge in [0.2, 0.25) is 5.91 Å². The lowest BCUT2D eigenvalue weighted by Gasteiger charge is -2.34. The SMILES string of the molecule is N[C@@H]1CCN(C(=O)C2CC3CCCCC3N2C(=O)c2ccccc2)C1. The lowest BCUT2D eigenvalue weighted by atomic mass is 9.84. The van der Waals surface area contributed by atoms with Crippen molar-refractivity contribution in [2.75, 3.05) is 13.1 Å². The van der Waals surface area contributed by atoms with Gasteiger partial charge in [0, 0.05) is 30.7 Å². The Labute approximate surface area is 149 Å². The first-order valence-corrected chi connectivity index (χ1v) is 9.57. The Hall–Kier alpha value is -1.88. The molecule has 1 aromatic rings. The summed E-state index contributed by atoms with van der Waals surface area (Å²) in [5.74, 6) is 0.579. The lowest BCUT2D eigenvalue weighted by Crippen LogP contribution is -2.50. The minimum Gasteiger partial charge on any atom is -0.339 e. The number of likely N-dealkylation sites (tertiary alicyclic amines) is 2. The number of benzene rings is 1. The van der Waals surface area contributed by atoms with Gasteiger partial charge in [0.1, 0.15) is 6.04 Å². The number of carbonyl (C=O) groups excluding carboxylic acids is 2. The number of hydrogen-bond donors (Lipinski definition) is 1. The van der Waals surface area contributed by atoms with E-state index in [4.69, 9.17) is 5.73 Å². The fraction of sp³-hybridized carbons (Fsp3) is 0.600. The summed E-state index contributed by atoms with van der Waals surface area (Å²) >= 11 is 0. The van der Waals surface area contributed by atoms with Gasteiger partial charge in [-0.3, -0.25) is 9.59 Å². The Morgan fingerprint density at radius 2 is 1.80 bits per heavy atom. The average molecular weight is 341 g/mol. The molecule has 0 spiro atoms. The molecule has 3 fully saturated rings. The quantitative estimate of drug-likeness (QED) is 0.895. The normalized spacial score (nSPS) is 31.9. The largest absolute Gasteiger partial charge is 0.339 e. The molecule has 5 nitrogen and oxygen atoms in total. The van der Waals surface area contributed by atoms with E-state index in [1.165, 1.54) is 6.42 Å². The molecule has 25 heavy (non-hydrogen) atoms. The third-order valence-electron chi connectivity index (χ3n) is 6.16. The van der Waals surface area contributed by atoms with Crippen molar-refractivity contribution in [2.45, 2.75) is 56.7 Å². The van der Waals surface area contributed by atoms with Crippen LogP contribution in [0.1, 0.15) is 48.9 Å². The zero-order valence-corrected chi connectivity index (χ0v) is 14.6. The van der Waals surface area contributed by atoms with Crippen LogP contribution in [0.3, 0.4) is 0 Å². The van der Waals surface area contributed by atoms with Crippen molar-refractivity contribution < 1.29 is 9.59 Å². The van der Waals surface area contributed by atoms with Crippen LogP contribution in [0.15, 0.2) is 30.3 Å².